The highest BCUT2D eigenvalue weighted by Crippen LogP contribution is 2.34. The van der Waals surface area contributed by atoms with Crippen molar-refractivity contribution in [3.63, 3.8) is 0 Å². The van der Waals surface area contributed by atoms with Crippen LogP contribution in [0, 0.1) is 0 Å². The van der Waals surface area contributed by atoms with Gasteiger partial charge >= 0.3 is 0 Å². The summed E-state index contributed by atoms with van der Waals surface area (Å²) < 4.78 is 0. The Morgan fingerprint density at radius 2 is 2.00 bits per heavy atom. The number of fused-ring (bicyclic) bond motifs is 1. The molecule has 0 bridgehead atoms. The molecule has 2 aromatic heterocycles. The number of hydrogen-bond acceptors (Lipinski definition) is 5. The lowest BCUT2D eigenvalue weighted by Gasteiger charge is -2.14. The van der Waals surface area contributed by atoms with Gasteiger partial charge in [-0.1, -0.05) is 37.6 Å². The van der Waals surface area contributed by atoms with E-state index in [9.17, 15) is 0 Å². The van der Waals surface area contributed by atoms with E-state index >= 15 is 0 Å². The Kier molecular flexibility index (Phi) is 4.29. The molecule has 5 nitrogen and oxygen atoms in total. The predicted octanol–water partition coefficient (Wildman–Crippen LogP) is 4.13. The van der Waals surface area contributed by atoms with Crippen LogP contribution in [0.15, 0.2) is 54.7 Å². The van der Waals surface area contributed by atoms with Crippen molar-refractivity contribution in [1.82, 2.24) is 15.0 Å². The average molecular weight is 331 g/mol. The van der Waals surface area contributed by atoms with Gasteiger partial charge in [-0.25, -0.2) is 15.0 Å². The summed E-state index contributed by atoms with van der Waals surface area (Å²) in [6.07, 6.45) is 3.82. The number of aryl methyl sites for hydroxylation is 1. The molecule has 5 heteroatoms. The Hall–Kier alpha value is -2.95. The Morgan fingerprint density at radius 3 is 2.84 bits per heavy atom. The SMILES string of the molecule is CCCc1cc(C2CNc3ncccc32)nc(Nc2ccccc2)n1. The minimum Gasteiger partial charge on any atom is -0.369 e. The molecule has 3 heterocycles. The van der Waals surface area contributed by atoms with Crippen molar-refractivity contribution in [2.75, 3.05) is 17.2 Å². The van der Waals surface area contributed by atoms with Gasteiger partial charge in [-0.15, -0.1) is 0 Å². The maximum absolute atomic E-state index is 4.80. The number of para-hydroxylation sites is 1. The predicted molar refractivity (Wildman–Crippen MR) is 100 cm³/mol. The van der Waals surface area contributed by atoms with Crippen molar-refractivity contribution in [3.8, 4) is 0 Å². The molecule has 3 aromatic rings. The minimum atomic E-state index is 0.207. The molecule has 0 amide bonds. The number of hydrogen-bond donors (Lipinski definition) is 2. The van der Waals surface area contributed by atoms with E-state index in [-0.39, 0.29) is 5.92 Å². The molecule has 126 valence electrons. The zero-order valence-corrected chi connectivity index (χ0v) is 14.2. The average Bonchev–Trinajstić information content (AvgIpc) is 3.07. The van der Waals surface area contributed by atoms with Gasteiger partial charge in [0.05, 0.1) is 5.69 Å². The van der Waals surface area contributed by atoms with E-state index in [1.807, 2.05) is 42.6 Å². The largest absolute Gasteiger partial charge is 0.369 e. The third kappa shape index (κ3) is 3.31. The second kappa shape index (κ2) is 6.89. The fourth-order valence-corrected chi connectivity index (χ4v) is 3.21. The van der Waals surface area contributed by atoms with Crippen LogP contribution in [0.4, 0.5) is 17.5 Å². The van der Waals surface area contributed by atoms with Crippen LogP contribution >= 0.6 is 0 Å². The highest BCUT2D eigenvalue weighted by Gasteiger charge is 2.26. The van der Waals surface area contributed by atoms with Crippen LogP contribution in [0.3, 0.4) is 0 Å². The van der Waals surface area contributed by atoms with Gasteiger partial charge < -0.3 is 10.6 Å². The topological polar surface area (TPSA) is 62.7 Å². The molecule has 0 spiro atoms. The number of anilines is 3. The van der Waals surface area contributed by atoms with E-state index in [0.717, 1.165) is 42.3 Å². The summed E-state index contributed by atoms with van der Waals surface area (Å²) in [6.45, 7) is 2.99. The number of pyridine rings is 1. The quantitative estimate of drug-likeness (QED) is 0.736. The van der Waals surface area contributed by atoms with Crippen molar-refractivity contribution in [3.05, 3.63) is 71.7 Å². The molecule has 0 saturated heterocycles. The lowest BCUT2D eigenvalue weighted by atomic mass is 9.98. The Bertz CT molecular complexity index is 863. The van der Waals surface area contributed by atoms with Gasteiger partial charge in [-0.05, 0) is 30.7 Å². The maximum Gasteiger partial charge on any atom is 0.227 e. The van der Waals surface area contributed by atoms with Crippen molar-refractivity contribution < 1.29 is 0 Å². The highest BCUT2D eigenvalue weighted by atomic mass is 15.1. The van der Waals surface area contributed by atoms with Crippen LogP contribution in [0.1, 0.15) is 36.2 Å². The molecular weight excluding hydrogens is 310 g/mol. The third-order valence-corrected chi connectivity index (χ3v) is 4.38. The van der Waals surface area contributed by atoms with E-state index in [0.29, 0.717) is 5.95 Å². The normalized spacial score (nSPS) is 15.5. The zero-order valence-electron chi connectivity index (χ0n) is 14.2. The molecule has 1 unspecified atom stereocenters. The zero-order chi connectivity index (χ0) is 17.1. The molecule has 4 rings (SSSR count). The second-order valence-electron chi connectivity index (χ2n) is 6.22. The van der Waals surface area contributed by atoms with Gasteiger partial charge in [-0.3, -0.25) is 0 Å². The Labute approximate surface area is 147 Å². The van der Waals surface area contributed by atoms with Gasteiger partial charge in [0.25, 0.3) is 0 Å². The molecule has 0 saturated carbocycles. The first kappa shape index (κ1) is 15.6. The molecule has 1 aliphatic heterocycles. The number of nitrogens with one attached hydrogen (secondary N) is 2. The standard InChI is InChI=1S/C20H21N5/c1-2-7-15-12-18(17-13-22-19-16(17)10-6-11-21-19)25-20(24-15)23-14-8-4-3-5-9-14/h3-6,8-12,17H,2,7,13H2,1H3,(H,21,22)(H,23,24,25). The first-order valence-corrected chi connectivity index (χ1v) is 8.72. The molecule has 1 aliphatic rings. The Morgan fingerprint density at radius 1 is 1.12 bits per heavy atom. The molecular formula is C20H21N5. The van der Waals surface area contributed by atoms with E-state index in [1.165, 1.54) is 5.56 Å². The summed E-state index contributed by atoms with van der Waals surface area (Å²) in [5.74, 6) is 1.82. The van der Waals surface area contributed by atoms with Crippen LogP contribution in [-0.2, 0) is 6.42 Å². The van der Waals surface area contributed by atoms with Crippen molar-refractivity contribution in [2.45, 2.75) is 25.7 Å². The first-order valence-electron chi connectivity index (χ1n) is 8.72. The minimum absolute atomic E-state index is 0.207. The summed E-state index contributed by atoms with van der Waals surface area (Å²) >= 11 is 0. The molecule has 1 aromatic carbocycles. The van der Waals surface area contributed by atoms with Crippen LogP contribution in [0.5, 0.6) is 0 Å². The van der Waals surface area contributed by atoms with Crippen molar-refractivity contribution >= 4 is 17.5 Å². The van der Waals surface area contributed by atoms with Gasteiger partial charge in [0.1, 0.15) is 5.82 Å². The molecule has 1 atom stereocenters. The monoisotopic (exact) mass is 331 g/mol. The molecule has 2 N–H and O–H groups in total. The van der Waals surface area contributed by atoms with E-state index in [2.05, 4.69) is 39.7 Å². The van der Waals surface area contributed by atoms with Gasteiger partial charge in [-0.2, -0.15) is 0 Å². The van der Waals surface area contributed by atoms with Crippen LogP contribution in [0.25, 0.3) is 0 Å². The number of aromatic nitrogens is 3. The fraction of sp³-hybridized carbons (Fsp3) is 0.250. The van der Waals surface area contributed by atoms with Crippen LogP contribution < -0.4 is 10.6 Å². The van der Waals surface area contributed by atoms with E-state index < -0.39 is 0 Å². The third-order valence-electron chi connectivity index (χ3n) is 4.38. The summed E-state index contributed by atoms with van der Waals surface area (Å²) in [4.78, 5) is 13.9. The number of rotatable bonds is 5. The first-order chi connectivity index (χ1) is 12.3. The molecule has 0 aliphatic carbocycles. The van der Waals surface area contributed by atoms with Crippen LogP contribution in [0.2, 0.25) is 0 Å². The number of benzene rings is 1. The summed E-state index contributed by atoms with van der Waals surface area (Å²) in [6, 6.07) is 16.3. The van der Waals surface area contributed by atoms with Gasteiger partial charge in [0, 0.05) is 35.6 Å². The summed E-state index contributed by atoms with van der Waals surface area (Å²) in [7, 11) is 0. The van der Waals surface area contributed by atoms with Crippen LogP contribution in [-0.4, -0.2) is 21.5 Å². The molecule has 0 radical (unpaired) electrons. The van der Waals surface area contributed by atoms with Gasteiger partial charge in [0.2, 0.25) is 5.95 Å². The lowest BCUT2D eigenvalue weighted by molar-refractivity contribution is 0.818. The smallest absolute Gasteiger partial charge is 0.227 e. The molecule has 0 fully saturated rings. The van der Waals surface area contributed by atoms with E-state index in [4.69, 9.17) is 4.98 Å². The fourth-order valence-electron chi connectivity index (χ4n) is 3.21. The number of nitrogens with zero attached hydrogens (tertiary/aromatic N) is 3. The van der Waals surface area contributed by atoms with Crippen molar-refractivity contribution in [1.29, 1.82) is 0 Å². The highest BCUT2D eigenvalue weighted by molar-refractivity contribution is 5.57. The molecule has 25 heavy (non-hydrogen) atoms. The summed E-state index contributed by atoms with van der Waals surface area (Å²) in [5, 5.41) is 6.71. The lowest BCUT2D eigenvalue weighted by Crippen LogP contribution is -2.10. The second-order valence-corrected chi connectivity index (χ2v) is 6.22. The van der Waals surface area contributed by atoms with Crippen molar-refractivity contribution in [2.24, 2.45) is 0 Å². The van der Waals surface area contributed by atoms with Gasteiger partial charge in [0.15, 0.2) is 0 Å². The Balaban J connectivity index is 1.70. The van der Waals surface area contributed by atoms with E-state index in [1.54, 1.807) is 0 Å². The maximum atomic E-state index is 4.80. The summed E-state index contributed by atoms with van der Waals surface area (Å²) in [5.41, 5.74) is 4.31.